The third-order valence-electron chi connectivity index (χ3n) is 2.08. The summed E-state index contributed by atoms with van der Waals surface area (Å²) in [5, 5.41) is 8.84. The molecule has 0 radical (unpaired) electrons. The number of aromatic nitrogens is 2. The Hall–Kier alpha value is -2.50. The normalized spacial score (nSPS) is 10.1. The van der Waals surface area contributed by atoms with Crippen molar-refractivity contribution in [1.29, 1.82) is 0 Å². The van der Waals surface area contributed by atoms with Crippen molar-refractivity contribution < 1.29 is 19.0 Å². The van der Waals surface area contributed by atoms with Crippen LogP contribution in [-0.2, 0) is 0 Å². The average Bonchev–Trinajstić information content (AvgIpc) is 2.31. The van der Waals surface area contributed by atoms with Gasteiger partial charge in [-0.1, -0.05) is 0 Å². The minimum absolute atomic E-state index is 0.0843. The maximum absolute atomic E-state index is 12.7. The second-order valence-electron chi connectivity index (χ2n) is 3.54. The molecule has 1 N–H and O–H groups in total. The van der Waals surface area contributed by atoms with Crippen molar-refractivity contribution in [3.63, 3.8) is 0 Å². The van der Waals surface area contributed by atoms with E-state index in [9.17, 15) is 9.18 Å². The average molecular weight is 248 g/mol. The topological polar surface area (TPSA) is 72.3 Å². The lowest BCUT2D eigenvalue weighted by Gasteiger charge is -2.05. The monoisotopic (exact) mass is 248 g/mol. The molecule has 1 aromatic carbocycles. The summed E-state index contributed by atoms with van der Waals surface area (Å²) in [6, 6.07) is 6.51. The molecule has 2 rings (SSSR count). The van der Waals surface area contributed by atoms with E-state index in [4.69, 9.17) is 9.84 Å². The summed E-state index contributed by atoms with van der Waals surface area (Å²) in [6.07, 6.45) is 0. The third-order valence-corrected chi connectivity index (χ3v) is 2.08. The van der Waals surface area contributed by atoms with E-state index in [2.05, 4.69) is 9.97 Å². The molecule has 0 bridgehead atoms. The number of carboxylic acid groups (broad SMARTS) is 1. The Labute approximate surface area is 102 Å². The Bertz CT molecular complexity index is 584. The molecule has 1 heterocycles. The van der Waals surface area contributed by atoms with Gasteiger partial charge in [-0.05, 0) is 37.3 Å². The SMILES string of the molecule is Cc1cc(C(=O)O)nc(Oc2ccc(F)cc2)n1. The summed E-state index contributed by atoms with van der Waals surface area (Å²) in [6.45, 7) is 1.63. The molecule has 1 aromatic heterocycles. The van der Waals surface area contributed by atoms with Crippen molar-refractivity contribution in [1.82, 2.24) is 9.97 Å². The molecule has 2 aromatic rings. The summed E-state index contributed by atoms with van der Waals surface area (Å²) in [5.74, 6) is -1.22. The highest BCUT2D eigenvalue weighted by Gasteiger charge is 2.10. The molecule has 0 atom stereocenters. The van der Waals surface area contributed by atoms with Crippen LogP contribution in [0.5, 0.6) is 11.8 Å². The Balaban J connectivity index is 2.28. The molecule has 0 saturated carbocycles. The van der Waals surface area contributed by atoms with Crippen LogP contribution in [0.15, 0.2) is 30.3 Å². The van der Waals surface area contributed by atoms with E-state index < -0.39 is 11.8 Å². The van der Waals surface area contributed by atoms with Gasteiger partial charge in [-0.25, -0.2) is 14.2 Å². The molecule has 0 spiro atoms. The first-order valence-electron chi connectivity index (χ1n) is 5.07. The van der Waals surface area contributed by atoms with Crippen molar-refractivity contribution in [2.45, 2.75) is 6.92 Å². The molecule has 0 unspecified atom stereocenters. The number of benzene rings is 1. The van der Waals surface area contributed by atoms with Crippen molar-refractivity contribution in [3.8, 4) is 11.8 Å². The van der Waals surface area contributed by atoms with Gasteiger partial charge in [0.1, 0.15) is 11.6 Å². The zero-order valence-corrected chi connectivity index (χ0v) is 9.42. The minimum Gasteiger partial charge on any atom is -0.477 e. The van der Waals surface area contributed by atoms with Gasteiger partial charge in [0, 0.05) is 5.69 Å². The Morgan fingerprint density at radius 3 is 2.56 bits per heavy atom. The van der Waals surface area contributed by atoms with Gasteiger partial charge in [0.05, 0.1) is 0 Å². The molecule has 0 amide bonds. The number of halogens is 1. The number of aryl methyl sites for hydroxylation is 1. The van der Waals surface area contributed by atoms with Crippen LogP contribution in [-0.4, -0.2) is 21.0 Å². The van der Waals surface area contributed by atoms with Gasteiger partial charge in [-0.15, -0.1) is 0 Å². The summed E-state index contributed by atoms with van der Waals surface area (Å²) in [7, 11) is 0. The smallest absolute Gasteiger partial charge is 0.354 e. The first-order valence-corrected chi connectivity index (χ1v) is 5.07. The fourth-order valence-electron chi connectivity index (χ4n) is 1.30. The fourth-order valence-corrected chi connectivity index (χ4v) is 1.30. The molecule has 0 aliphatic carbocycles. The van der Waals surface area contributed by atoms with Gasteiger partial charge in [-0.3, -0.25) is 0 Å². The van der Waals surface area contributed by atoms with Crippen LogP contribution in [0.25, 0.3) is 0 Å². The quantitative estimate of drug-likeness (QED) is 0.902. The van der Waals surface area contributed by atoms with Crippen LogP contribution < -0.4 is 4.74 Å². The van der Waals surface area contributed by atoms with E-state index >= 15 is 0 Å². The lowest BCUT2D eigenvalue weighted by molar-refractivity contribution is 0.0689. The number of hydrogen-bond donors (Lipinski definition) is 1. The predicted molar refractivity (Wildman–Crippen MR) is 60.2 cm³/mol. The highest BCUT2D eigenvalue weighted by molar-refractivity contribution is 5.85. The molecule has 0 saturated heterocycles. The zero-order chi connectivity index (χ0) is 13.1. The predicted octanol–water partition coefficient (Wildman–Crippen LogP) is 2.41. The summed E-state index contributed by atoms with van der Waals surface area (Å²) in [4.78, 5) is 18.5. The molecule has 92 valence electrons. The summed E-state index contributed by atoms with van der Waals surface area (Å²) in [5.41, 5.74) is 0.319. The second kappa shape index (κ2) is 4.79. The van der Waals surface area contributed by atoms with Gasteiger partial charge in [-0.2, -0.15) is 4.98 Å². The van der Waals surface area contributed by atoms with Crippen LogP contribution in [0.3, 0.4) is 0 Å². The Kier molecular flexibility index (Phi) is 3.18. The standard InChI is InChI=1S/C12H9FN2O3/c1-7-6-10(11(16)17)15-12(14-7)18-9-4-2-8(13)3-5-9/h2-6H,1H3,(H,16,17). The molecule has 18 heavy (non-hydrogen) atoms. The van der Waals surface area contributed by atoms with Gasteiger partial charge in [0.15, 0.2) is 5.69 Å². The first-order chi connectivity index (χ1) is 8.54. The summed E-state index contributed by atoms with van der Waals surface area (Å²) < 4.78 is 17.9. The van der Waals surface area contributed by atoms with E-state index in [1.165, 1.54) is 30.3 Å². The second-order valence-corrected chi connectivity index (χ2v) is 3.54. The van der Waals surface area contributed by atoms with Crippen LogP contribution in [0.1, 0.15) is 16.2 Å². The third kappa shape index (κ3) is 2.79. The van der Waals surface area contributed by atoms with Gasteiger partial charge >= 0.3 is 12.0 Å². The molecular weight excluding hydrogens is 239 g/mol. The zero-order valence-electron chi connectivity index (χ0n) is 9.42. The Morgan fingerprint density at radius 2 is 1.94 bits per heavy atom. The number of carbonyl (C=O) groups is 1. The maximum Gasteiger partial charge on any atom is 0.354 e. The molecule has 5 nitrogen and oxygen atoms in total. The molecular formula is C12H9FN2O3. The largest absolute Gasteiger partial charge is 0.477 e. The van der Waals surface area contributed by atoms with Crippen LogP contribution >= 0.6 is 0 Å². The van der Waals surface area contributed by atoms with E-state index in [-0.39, 0.29) is 11.7 Å². The molecule has 6 heteroatoms. The number of nitrogens with zero attached hydrogens (tertiary/aromatic N) is 2. The molecule has 0 fully saturated rings. The molecule has 0 aliphatic rings. The molecule has 0 aliphatic heterocycles. The highest BCUT2D eigenvalue weighted by Crippen LogP contribution is 2.18. The van der Waals surface area contributed by atoms with E-state index in [0.29, 0.717) is 11.4 Å². The van der Waals surface area contributed by atoms with Gasteiger partial charge < -0.3 is 9.84 Å². The minimum atomic E-state index is -1.16. The summed E-state index contributed by atoms with van der Waals surface area (Å²) >= 11 is 0. The number of aromatic carboxylic acids is 1. The van der Waals surface area contributed by atoms with Crippen molar-refractivity contribution in [3.05, 3.63) is 47.5 Å². The van der Waals surface area contributed by atoms with Crippen molar-refractivity contribution in [2.24, 2.45) is 0 Å². The van der Waals surface area contributed by atoms with Crippen LogP contribution in [0.2, 0.25) is 0 Å². The fraction of sp³-hybridized carbons (Fsp3) is 0.0833. The van der Waals surface area contributed by atoms with Crippen molar-refractivity contribution >= 4 is 5.97 Å². The lowest BCUT2D eigenvalue weighted by atomic mass is 10.3. The number of carboxylic acids is 1. The van der Waals surface area contributed by atoms with Gasteiger partial charge in [0.2, 0.25) is 0 Å². The number of ether oxygens (including phenoxy) is 1. The number of rotatable bonds is 3. The maximum atomic E-state index is 12.7. The Morgan fingerprint density at radius 1 is 1.28 bits per heavy atom. The number of hydrogen-bond acceptors (Lipinski definition) is 4. The van der Waals surface area contributed by atoms with E-state index in [0.717, 1.165) is 0 Å². The first kappa shape index (κ1) is 12.0. The van der Waals surface area contributed by atoms with E-state index in [1.54, 1.807) is 6.92 Å². The van der Waals surface area contributed by atoms with Crippen LogP contribution in [0, 0.1) is 12.7 Å². The van der Waals surface area contributed by atoms with Crippen molar-refractivity contribution in [2.75, 3.05) is 0 Å². The van der Waals surface area contributed by atoms with Crippen LogP contribution in [0.4, 0.5) is 4.39 Å². The van der Waals surface area contributed by atoms with E-state index in [1.807, 2.05) is 0 Å². The van der Waals surface area contributed by atoms with Gasteiger partial charge in [0.25, 0.3) is 0 Å². The lowest BCUT2D eigenvalue weighted by Crippen LogP contribution is -2.04. The highest BCUT2D eigenvalue weighted by atomic mass is 19.1.